The molecule has 1 aliphatic rings. The van der Waals surface area contributed by atoms with Crippen LogP contribution in [0.15, 0.2) is 18.2 Å². The van der Waals surface area contributed by atoms with Crippen molar-refractivity contribution < 1.29 is 19.1 Å². The smallest absolute Gasteiger partial charge is 0.318 e. The lowest BCUT2D eigenvalue weighted by Gasteiger charge is -2.22. The molecule has 0 atom stereocenters. The van der Waals surface area contributed by atoms with Crippen molar-refractivity contribution in [1.82, 2.24) is 10.2 Å². The van der Waals surface area contributed by atoms with E-state index in [9.17, 15) is 9.59 Å². The minimum absolute atomic E-state index is 0.00347. The van der Waals surface area contributed by atoms with Crippen LogP contribution in [-0.2, 0) is 16.1 Å². The van der Waals surface area contributed by atoms with Crippen molar-refractivity contribution in [3.8, 4) is 5.75 Å². The van der Waals surface area contributed by atoms with Gasteiger partial charge in [0.1, 0.15) is 19.0 Å². The van der Waals surface area contributed by atoms with Crippen LogP contribution in [0.2, 0.25) is 0 Å². The molecule has 0 saturated heterocycles. The van der Waals surface area contributed by atoms with Gasteiger partial charge in [0.05, 0.1) is 13.1 Å². The Morgan fingerprint density at radius 3 is 2.87 bits per heavy atom. The Labute approximate surface area is 135 Å². The fourth-order valence-corrected chi connectivity index (χ4v) is 2.31. The minimum atomic E-state index is -0.226. The Balaban J connectivity index is 2.12. The summed E-state index contributed by atoms with van der Waals surface area (Å²) in [6.45, 7) is 5.22. The molecule has 23 heavy (non-hydrogen) atoms. The highest BCUT2D eigenvalue weighted by Crippen LogP contribution is 2.26. The fraction of sp³-hybridized carbons (Fsp3) is 0.500. The van der Waals surface area contributed by atoms with Crippen molar-refractivity contribution in [3.63, 3.8) is 0 Å². The Morgan fingerprint density at radius 2 is 2.17 bits per heavy atom. The first-order valence-corrected chi connectivity index (χ1v) is 7.59. The van der Waals surface area contributed by atoms with E-state index in [0.29, 0.717) is 25.4 Å². The first-order chi connectivity index (χ1) is 11.0. The van der Waals surface area contributed by atoms with Crippen molar-refractivity contribution in [2.24, 2.45) is 0 Å². The number of hydrogen-bond donors (Lipinski definition) is 2. The van der Waals surface area contributed by atoms with E-state index in [0.717, 1.165) is 11.3 Å². The molecule has 0 fully saturated rings. The summed E-state index contributed by atoms with van der Waals surface area (Å²) >= 11 is 0. The third-order valence-electron chi connectivity index (χ3n) is 3.30. The van der Waals surface area contributed by atoms with Crippen LogP contribution in [0.3, 0.4) is 0 Å². The number of hydrogen-bond acceptors (Lipinski definition) is 4. The number of ether oxygens (including phenoxy) is 2. The number of carbonyl (C=O) groups excluding carboxylic acids is 2. The number of nitrogens with zero attached hydrogens (tertiary/aromatic N) is 1. The molecule has 7 nitrogen and oxygen atoms in total. The Kier molecular flexibility index (Phi) is 5.81. The molecule has 0 aromatic heterocycles. The maximum atomic E-state index is 12.2. The summed E-state index contributed by atoms with van der Waals surface area (Å²) in [5, 5.41) is 5.63. The van der Waals surface area contributed by atoms with Crippen LogP contribution >= 0.6 is 0 Å². The highest BCUT2D eigenvalue weighted by molar-refractivity contribution is 5.91. The van der Waals surface area contributed by atoms with Crippen molar-refractivity contribution in [1.29, 1.82) is 0 Å². The summed E-state index contributed by atoms with van der Waals surface area (Å²) in [4.78, 5) is 25.5. The number of anilines is 1. The van der Waals surface area contributed by atoms with Gasteiger partial charge in [0.15, 0.2) is 0 Å². The molecule has 0 radical (unpaired) electrons. The van der Waals surface area contributed by atoms with E-state index in [4.69, 9.17) is 9.47 Å². The highest BCUT2D eigenvalue weighted by Gasteiger charge is 2.20. The number of rotatable bonds is 4. The van der Waals surface area contributed by atoms with Crippen molar-refractivity contribution >= 4 is 17.6 Å². The second kappa shape index (κ2) is 7.82. The van der Waals surface area contributed by atoms with Crippen molar-refractivity contribution in [2.75, 3.05) is 32.2 Å². The Hall–Kier alpha value is -2.28. The fourth-order valence-electron chi connectivity index (χ4n) is 2.31. The minimum Gasteiger partial charge on any atom is -0.491 e. The lowest BCUT2D eigenvalue weighted by atomic mass is 10.1. The number of benzene rings is 1. The summed E-state index contributed by atoms with van der Waals surface area (Å²) in [6, 6.07) is 5.36. The predicted octanol–water partition coefficient (Wildman–Crippen LogP) is 1.58. The third-order valence-corrected chi connectivity index (χ3v) is 3.30. The molecule has 0 spiro atoms. The van der Waals surface area contributed by atoms with Crippen LogP contribution in [0.25, 0.3) is 0 Å². The van der Waals surface area contributed by atoms with Crippen LogP contribution in [0.1, 0.15) is 19.4 Å². The zero-order chi connectivity index (χ0) is 16.8. The molecule has 0 bridgehead atoms. The largest absolute Gasteiger partial charge is 0.491 e. The molecule has 7 heteroatoms. The summed E-state index contributed by atoms with van der Waals surface area (Å²) in [6.07, 6.45) is 0. The molecule has 1 aromatic carbocycles. The van der Waals surface area contributed by atoms with E-state index in [1.165, 1.54) is 7.11 Å². The second-order valence-corrected chi connectivity index (χ2v) is 5.68. The van der Waals surface area contributed by atoms with Gasteiger partial charge in [0.2, 0.25) is 5.91 Å². The summed E-state index contributed by atoms with van der Waals surface area (Å²) in [7, 11) is 1.47. The molecule has 1 aromatic rings. The van der Waals surface area contributed by atoms with Crippen molar-refractivity contribution in [3.05, 3.63) is 23.8 Å². The quantitative estimate of drug-likeness (QED) is 0.882. The molecule has 0 unspecified atom stereocenters. The number of urea groups is 1. The number of amides is 3. The van der Waals surface area contributed by atoms with Gasteiger partial charge >= 0.3 is 6.03 Å². The van der Waals surface area contributed by atoms with Gasteiger partial charge in [0.25, 0.3) is 0 Å². The highest BCUT2D eigenvalue weighted by atomic mass is 16.5. The van der Waals surface area contributed by atoms with E-state index >= 15 is 0 Å². The maximum absolute atomic E-state index is 12.2. The van der Waals surface area contributed by atoms with Gasteiger partial charge in [-0.2, -0.15) is 0 Å². The first-order valence-electron chi connectivity index (χ1n) is 7.59. The van der Waals surface area contributed by atoms with Gasteiger partial charge in [-0.25, -0.2) is 4.79 Å². The number of nitrogens with one attached hydrogen (secondary N) is 2. The van der Waals surface area contributed by atoms with E-state index in [1.54, 1.807) is 11.0 Å². The molecule has 0 aliphatic carbocycles. The molecular weight excluding hydrogens is 298 g/mol. The second-order valence-electron chi connectivity index (χ2n) is 5.68. The Bertz CT molecular complexity index is 574. The molecule has 3 amide bonds. The maximum Gasteiger partial charge on any atom is 0.318 e. The normalized spacial score (nSPS) is 13.8. The SMILES string of the molecule is COCC(=O)Nc1ccc2c(c1)CN(C(=O)NC(C)C)CCO2. The van der Waals surface area contributed by atoms with Crippen molar-refractivity contribution in [2.45, 2.75) is 26.4 Å². The topological polar surface area (TPSA) is 79.9 Å². The average molecular weight is 321 g/mol. The van der Waals surface area contributed by atoms with Gasteiger partial charge < -0.3 is 25.0 Å². The van der Waals surface area contributed by atoms with Gasteiger partial charge in [-0.05, 0) is 32.0 Å². The summed E-state index contributed by atoms with van der Waals surface area (Å²) < 4.78 is 10.5. The number of carbonyl (C=O) groups is 2. The lowest BCUT2D eigenvalue weighted by molar-refractivity contribution is -0.119. The third kappa shape index (κ3) is 4.85. The van der Waals surface area contributed by atoms with Crippen LogP contribution < -0.4 is 15.4 Å². The molecule has 1 heterocycles. The van der Waals surface area contributed by atoms with E-state index in [1.807, 2.05) is 26.0 Å². The predicted molar refractivity (Wildman–Crippen MR) is 86.5 cm³/mol. The first kappa shape index (κ1) is 17.1. The molecule has 2 rings (SSSR count). The molecule has 0 saturated carbocycles. The standard InChI is InChI=1S/C16H23N3O4/c1-11(2)17-16(21)19-6-7-23-14-5-4-13(8-12(14)9-19)18-15(20)10-22-3/h4-5,8,11H,6-7,9-10H2,1-3H3,(H,17,21)(H,18,20). The van der Waals surface area contributed by atoms with Crippen LogP contribution in [0, 0.1) is 0 Å². The molecule has 1 aliphatic heterocycles. The summed E-state index contributed by atoms with van der Waals surface area (Å²) in [5.41, 5.74) is 1.51. The monoisotopic (exact) mass is 321 g/mol. The average Bonchev–Trinajstić information content (AvgIpc) is 2.68. The van der Waals surface area contributed by atoms with Gasteiger partial charge in [0, 0.05) is 24.4 Å². The van der Waals surface area contributed by atoms with Gasteiger partial charge in [-0.1, -0.05) is 0 Å². The van der Waals surface area contributed by atoms with Crippen LogP contribution in [0.5, 0.6) is 5.75 Å². The van der Waals surface area contributed by atoms with E-state index < -0.39 is 0 Å². The van der Waals surface area contributed by atoms with Gasteiger partial charge in [-0.3, -0.25) is 4.79 Å². The van der Waals surface area contributed by atoms with E-state index in [2.05, 4.69) is 10.6 Å². The number of fused-ring (bicyclic) bond motifs is 1. The number of methoxy groups -OCH3 is 1. The van der Waals surface area contributed by atoms with E-state index in [-0.39, 0.29) is 24.6 Å². The zero-order valence-electron chi connectivity index (χ0n) is 13.7. The summed E-state index contributed by atoms with van der Waals surface area (Å²) in [5.74, 6) is 0.506. The Morgan fingerprint density at radius 1 is 1.39 bits per heavy atom. The van der Waals surface area contributed by atoms with Crippen LogP contribution in [0.4, 0.5) is 10.5 Å². The zero-order valence-corrected chi connectivity index (χ0v) is 13.7. The lowest BCUT2D eigenvalue weighted by Crippen LogP contribution is -2.43. The van der Waals surface area contributed by atoms with Crippen LogP contribution in [-0.4, -0.2) is 49.7 Å². The molecule has 126 valence electrons. The van der Waals surface area contributed by atoms with Gasteiger partial charge in [-0.15, -0.1) is 0 Å². The molecular formula is C16H23N3O4. The molecule has 2 N–H and O–H groups in total.